The highest BCUT2D eigenvalue weighted by atomic mass is 19.3. The maximum atomic E-state index is 13.9. The molecule has 1 aliphatic rings. The fourth-order valence-electron chi connectivity index (χ4n) is 2.55. The number of halogens is 2. The summed E-state index contributed by atoms with van der Waals surface area (Å²) in [6, 6.07) is 7.74. The predicted molar refractivity (Wildman–Crippen MR) is 79.6 cm³/mol. The van der Waals surface area contributed by atoms with Crippen LogP contribution < -0.4 is 15.2 Å². The number of ether oxygens (including phenoxy) is 1. The van der Waals surface area contributed by atoms with Crippen molar-refractivity contribution in [1.29, 1.82) is 0 Å². The molecule has 120 valence electrons. The number of hydrogen-bond acceptors (Lipinski definition) is 3. The van der Waals surface area contributed by atoms with Crippen molar-refractivity contribution in [3.63, 3.8) is 0 Å². The molecule has 0 radical (unpaired) electrons. The van der Waals surface area contributed by atoms with E-state index in [9.17, 15) is 18.4 Å². The summed E-state index contributed by atoms with van der Waals surface area (Å²) in [5, 5.41) is 0. The van der Waals surface area contributed by atoms with Crippen LogP contribution in [-0.2, 0) is 17.8 Å². The van der Waals surface area contributed by atoms with E-state index in [1.807, 2.05) is 6.92 Å². The van der Waals surface area contributed by atoms with E-state index in [1.165, 1.54) is 12.3 Å². The molecule has 1 aromatic carbocycles. The number of hydrogen-bond donors (Lipinski definition) is 1. The van der Waals surface area contributed by atoms with Crippen molar-refractivity contribution in [2.75, 3.05) is 4.90 Å². The molecule has 3 rings (SSSR count). The quantitative estimate of drug-likeness (QED) is 0.945. The van der Waals surface area contributed by atoms with Gasteiger partial charge in [-0.05, 0) is 29.7 Å². The largest absolute Gasteiger partial charge is 0.483 e. The van der Waals surface area contributed by atoms with E-state index < -0.39 is 12.0 Å². The number of pyridine rings is 1. The first-order chi connectivity index (χ1) is 10.9. The summed E-state index contributed by atoms with van der Waals surface area (Å²) in [5.41, 5.74) is 0.955. The highest BCUT2D eigenvalue weighted by Crippen LogP contribution is 2.42. The van der Waals surface area contributed by atoms with Gasteiger partial charge in [0.1, 0.15) is 0 Å². The second-order valence-corrected chi connectivity index (χ2v) is 5.19. The van der Waals surface area contributed by atoms with E-state index in [-0.39, 0.29) is 23.5 Å². The first kappa shape index (κ1) is 15.2. The molecule has 0 bridgehead atoms. The molecule has 0 aliphatic carbocycles. The minimum Gasteiger partial charge on any atom is -0.423 e. The first-order valence-corrected chi connectivity index (χ1v) is 7.10. The second kappa shape index (κ2) is 5.49. The molecule has 5 nitrogen and oxygen atoms in total. The Morgan fingerprint density at radius 1 is 1.26 bits per heavy atom. The molecule has 0 saturated heterocycles. The number of H-pyrrole nitrogens is 1. The summed E-state index contributed by atoms with van der Waals surface area (Å²) in [6.07, 6.45) is -2.03. The summed E-state index contributed by atoms with van der Waals surface area (Å²) in [7, 11) is 0. The van der Waals surface area contributed by atoms with Gasteiger partial charge in [0.05, 0.1) is 12.2 Å². The maximum Gasteiger partial charge on any atom is 0.483 e. The van der Waals surface area contributed by atoms with Crippen LogP contribution in [0.15, 0.2) is 41.3 Å². The minimum atomic E-state index is -3.93. The number of aromatic nitrogens is 1. The molecular weight excluding hydrogens is 306 g/mol. The summed E-state index contributed by atoms with van der Waals surface area (Å²) < 4.78 is 32.5. The lowest BCUT2D eigenvalue weighted by Gasteiger charge is -2.34. The molecule has 0 fully saturated rings. The summed E-state index contributed by atoms with van der Waals surface area (Å²) in [6.45, 7) is 1.68. The van der Waals surface area contributed by atoms with Gasteiger partial charge in [0.15, 0.2) is 5.75 Å². The van der Waals surface area contributed by atoms with Crippen LogP contribution in [0.1, 0.15) is 18.1 Å². The van der Waals surface area contributed by atoms with Crippen molar-refractivity contribution in [3.8, 4) is 5.75 Å². The number of para-hydroxylation sites is 1. The molecule has 0 unspecified atom stereocenters. The predicted octanol–water partition coefficient (Wildman–Crippen LogP) is 2.46. The number of aryl methyl sites for hydroxylation is 1. The van der Waals surface area contributed by atoms with Gasteiger partial charge in [0.25, 0.3) is 0 Å². The third kappa shape index (κ3) is 2.69. The monoisotopic (exact) mass is 320 g/mol. The number of fused-ring (bicyclic) bond motifs is 1. The van der Waals surface area contributed by atoms with Crippen LogP contribution in [0.5, 0.6) is 5.75 Å². The lowest BCUT2D eigenvalue weighted by Crippen LogP contribution is -2.50. The fraction of sp³-hybridized carbons (Fsp3) is 0.250. The van der Waals surface area contributed by atoms with E-state index in [1.54, 1.807) is 24.3 Å². The highest BCUT2D eigenvalue weighted by Gasteiger charge is 2.50. The Morgan fingerprint density at radius 3 is 2.74 bits per heavy atom. The van der Waals surface area contributed by atoms with Crippen molar-refractivity contribution in [2.24, 2.45) is 0 Å². The Bertz CT molecular complexity index is 817. The number of carbonyl (C=O) groups excluding carboxylic acids is 1. The average molecular weight is 320 g/mol. The molecule has 1 aliphatic heterocycles. The second-order valence-electron chi connectivity index (χ2n) is 5.19. The maximum absolute atomic E-state index is 13.9. The van der Waals surface area contributed by atoms with Gasteiger partial charge in [-0.25, -0.2) is 0 Å². The van der Waals surface area contributed by atoms with Crippen molar-refractivity contribution < 1.29 is 18.3 Å². The van der Waals surface area contributed by atoms with Gasteiger partial charge in [-0.2, -0.15) is 8.78 Å². The SMILES string of the molecule is CCc1cccc2c1OC(F)(F)C(=O)N2Cc1cc[nH]c(=O)c1. The van der Waals surface area contributed by atoms with E-state index in [2.05, 4.69) is 9.72 Å². The van der Waals surface area contributed by atoms with Crippen LogP contribution in [-0.4, -0.2) is 17.0 Å². The third-order valence-electron chi connectivity index (χ3n) is 3.65. The number of anilines is 1. The number of carbonyl (C=O) groups is 1. The van der Waals surface area contributed by atoms with E-state index >= 15 is 0 Å². The lowest BCUT2D eigenvalue weighted by atomic mass is 10.1. The third-order valence-corrected chi connectivity index (χ3v) is 3.65. The average Bonchev–Trinajstić information content (AvgIpc) is 2.51. The number of amides is 1. The van der Waals surface area contributed by atoms with Crippen molar-refractivity contribution in [3.05, 3.63) is 58.0 Å². The first-order valence-electron chi connectivity index (χ1n) is 7.10. The molecule has 0 atom stereocenters. The Kier molecular flexibility index (Phi) is 3.63. The number of rotatable bonds is 3. The molecule has 1 aromatic heterocycles. The molecule has 1 N–H and O–H groups in total. The van der Waals surface area contributed by atoms with Crippen LogP contribution in [0.3, 0.4) is 0 Å². The Hall–Kier alpha value is -2.70. The molecular formula is C16H14F2N2O3. The van der Waals surface area contributed by atoms with Crippen LogP contribution in [0.25, 0.3) is 0 Å². The van der Waals surface area contributed by atoms with Gasteiger partial charge in [-0.1, -0.05) is 19.1 Å². The smallest absolute Gasteiger partial charge is 0.423 e. The van der Waals surface area contributed by atoms with Crippen LogP contribution in [0, 0.1) is 0 Å². The molecule has 23 heavy (non-hydrogen) atoms. The fourth-order valence-corrected chi connectivity index (χ4v) is 2.55. The Labute approximate surface area is 130 Å². The van der Waals surface area contributed by atoms with Crippen LogP contribution in [0.4, 0.5) is 14.5 Å². The lowest BCUT2D eigenvalue weighted by molar-refractivity contribution is -0.193. The number of aromatic amines is 1. The number of nitrogens with zero attached hydrogens (tertiary/aromatic N) is 1. The van der Waals surface area contributed by atoms with Crippen molar-refractivity contribution >= 4 is 11.6 Å². The molecule has 1 amide bonds. The summed E-state index contributed by atoms with van der Waals surface area (Å²) in [5.74, 6) is -1.44. The van der Waals surface area contributed by atoms with Gasteiger partial charge in [-0.3, -0.25) is 14.5 Å². The Morgan fingerprint density at radius 2 is 2.04 bits per heavy atom. The topological polar surface area (TPSA) is 62.4 Å². The minimum absolute atomic E-state index is 0.00411. The van der Waals surface area contributed by atoms with Crippen LogP contribution in [0.2, 0.25) is 0 Å². The zero-order valence-corrected chi connectivity index (χ0v) is 12.3. The standard InChI is InChI=1S/C16H14F2N2O3/c1-2-11-4-3-5-12-14(11)23-16(17,18)15(22)20(12)9-10-6-7-19-13(21)8-10/h3-8H,2,9H2,1H3,(H,19,21). The van der Waals surface area contributed by atoms with Gasteiger partial charge in [0, 0.05) is 12.3 Å². The zero-order chi connectivity index (χ0) is 16.6. The van der Waals surface area contributed by atoms with Gasteiger partial charge >= 0.3 is 12.0 Å². The molecule has 2 aromatic rings. The van der Waals surface area contributed by atoms with E-state index in [4.69, 9.17) is 0 Å². The summed E-state index contributed by atoms with van der Waals surface area (Å²) >= 11 is 0. The summed E-state index contributed by atoms with van der Waals surface area (Å²) in [4.78, 5) is 26.8. The van der Waals surface area contributed by atoms with Crippen molar-refractivity contribution in [1.82, 2.24) is 4.98 Å². The normalized spacial score (nSPS) is 16.0. The number of benzene rings is 1. The highest BCUT2D eigenvalue weighted by molar-refractivity contribution is 6.01. The number of alkyl halides is 2. The van der Waals surface area contributed by atoms with Crippen LogP contribution >= 0.6 is 0 Å². The van der Waals surface area contributed by atoms with Gasteiger partial charge < -0.3 is 9.72 Å². The number of nitrogens with one attached hydrogen (secondary N) is 1. The van der Waals surface area contributed by atoms with Crippen molar-refractivity contribution in [2.45, 2.75) is 26.0 Å². The molecule has 7 heteroatoms. The molecule has 0 spiro atoms. The van der Waals surface area contributed by atoms with Gasteiger partial charge in [0.2, 0.25) is 5.56 Å². The van der Waals surface area contributed by atoms with Gasteiger partial charge in [-0.15, -0.1) is 0 Å². The zero-order valence-electron chi connectivity index (χ0n) is 12.3. The van der Waals surface area contributed by atoms with E-state index in [0.29, 0.717) is 17.5 Å². The van der Waals surface area contributed by atoms with E-state index in [0.717, 1.165) is 4.90 Å². The Balaban J connectivity index is 2.08. The molecule has 0 saturated carbocycles. The molecule has 2 heterocycles.